The largest absolute Gasteiger partial charge is 0.497 e. The number of rotatable bonds is 3. The van der Waals surface area contributed by atoms with E-state index in [4.69, 9.17) is 24.5 Å². The highest BCUT2D eigenvalue weighted by Crippen LogP contribution is 2.42. The molecule has 0 aromatic carbocycles. The lowest BCUT2D eigenvalue weighted by atomic mass is 9.70. The second-order valence-electron chi connectivity index (χ2n) is 5.50. The van der Waals surface area contributed by atoms with Crippen molar-refractivity contribution in [2.45, 2.75) is 25.6 Å². The van der Waals surface area contributed by atoms with Gasteiger partial charge in [0, 0.05) is 19.0 Å². The van der Waals surface area contributed by atoms with Crippen molar-refractivity contribution < 1.29 is 23.6 Å². The third-order valence-electron chi connectivity index (χ3n) is 3.90. The van der Waals surface area contributed by atoms with E-state index < -0.39 is 12.7 Å². The van der Waals surface area contributed by atoms with Gasteiger partial charge >= 0.3 is 13.1 Å². The monoisotopic (exact) mass is 291 g/mol. The molecule has 0 saturated carbocycles. The van der Waals surface area contributed by atoms with Gasteiger partial charge in [0.05, 0.1) is 12.4 Å². The summed E-state index contributed by atoms with van der Waals surface area (Å²) in [6, 6.07) is 0. The predicted octanol–water partition coefficient (Wildman–Crippen LogP) is 0.490. The molecule has 2 atom stereocenters. The first-order valence-electron chi connectivity index (χ1n) is 6.94. The molecule has 0 amide bonds. The molecule has 0 radical (unpaired) electrons. The lowest BCUT2D eigenvalue weighted by molar-refractivity contribution is -0.145. The topological polar surface area (TPSA) is 80.0 Å². The van der Waals surface area contributed by atoms with Crippen LogP contribution >= 0.6 is 0 Å². The van der Waals surface area contributed by atoms with Crippen molar-refractivity contribution in [3.05, 3.63) is 35.0 Å². The lowest BCUT2D eigenvalue weighted by Gasteiger charge is -2.29. The fraction of sp³-hybridized carbons (Fsp3) is 0.500. The number of carbonyl (C=O) groups is 1. The molecule has 6 nitrogen and oxygen atoms in total. The van der Waals surface area contributed by atoms with Crippen molar-refractivity contribution in [1.82, 2.24) is 0 Å². The summed E-state index contributed by atoms with van der Waals surface area (Å²) in [4.78, 5) is 11.1. The van der Waals surface area contributed by atoms with E-state index in [9.17, 15) is 4.79 Å². The van der Waals surface area contributed by atoms with Gasteiger partial charge in [-0.25, -0.2) is 0 Å². The predicted molar refractivity (Wildman–Crippen MR) is 76.0 cm³/mol. The van der Waals surface area contributed by atoms with Crippen LogP contribution in [-0.2, 0) is 23.6 Å². The van der Waals surface area contributed by atoms with Gasteiger partial charge in [0.25, 0.3) is 0 Å². The van der Waals surface area contributed by atoms with Crippen LogP contribution in [0.5, 0.6) is 0 Å². The Morgan fingerprint density at radius 2 is 2.43 bits per heavy atom. The molecule has 3 rings (SSSR count). The molecule has 112 valence electrons. The third-order valence-corrected chi connectivity index (χ3v) is 3.90. The van der Waals surface area contributed by atoms with E-state index in [1.54, 1.807) is 6.26 Å². The molecule has 2 N–H and O–H groups in total. The molecule has 3 aliphatic heterocycles. The lowest BCUT2D eigenvalue weighted by Crippen LogP contribution is -2.41. The fourth-order valence-corrected chi connectivity index (χ4v) is 2.80. The molecule has 0 bridgehead atoms. The van der Waals surface area contributed by atoms with Crippen LogP contribution in [0, 0.1) is 0 Å². The SMILES string of the molecule is CC(=O)OCC1(C)OB2OC(CN)C=C3C=COCC1=C23. The minimum absolute atomic E-state index is 0.130. The van der Waals surface area contributed by atoms with E-state index in [1.165, 1.54) is 6.92 Å². The fourth-order valence-electron chi connectivity index (χ4n) is 2.80. The highest BCUT2D eigenvalue weighted by Gasteiger charge is 2.51. The molecule has 2 unspecified atom stereocenters. The normalized spacial score (nSPS) is 30.5. The van der Waals surface area contributed by atoms with Crippen LogP contribution in [0.15, 0.2) is 35.0 Å². The van der Waals surface area contributed by atoms with E-state index in [0.717, 1.165) is 16.6 Å². The van der Waals surface area contributed by atoms with Crippen molar-refractivity contribution in [2.24, 2.45) is 5.73 Å². The van der Waals surface area contributed by atoms with Gasteiger partial charge in [-0.15, -0.1) is 0 Å². The third kappa shape index (κ3) is 2.52. The Morgan fingerprint density at radius 3 is 3.14 bits per heavy atom. The zero-order valence-corrected chi connectivity index (χ0v) is 12.1. The van der Waals surface area contributed by atoms with E-state index in [1.807, 2.05) is 19.1 Å². The number of carbonyl (C=O) groups excluding carboxylic acids is 1. The quantitative estimate of drug-likeness (QED) is 0.602. The summed E-state index contributed by atoms with van der Waals surface area (Å²) in [5, 5.41) is 0. The van der Waals surface area contributed by atoms with Gasteiger partial charge < -0.3 is 24.5 Å². The van der Waals surface area contributed by atoms with Crippen molar-refractivity contribution in [3.8, 4) is 0 Å². The number of esters is 1. The number of hydrogen-bond acceptors (Lipinski definition) is 6. The molecule has 0 fully saturated rings. The van der Waals surface area contributed by atoms with Crippen LogP contribution in [-0.4, -0.2) is 44.6 Å². The zero-order valence-electron chi connectivity index (χ0n) is 12.1. The smallest absolute Gasteiger partial charge is 0.495 e. The van der Waals surface area contributed by atoms with Crippen molar-refractivity contribution in [2.75, 3.05) is 19.8 Å². The maximum atomic E-state index is 11.1. The Morgan fingerprint density at radius 1 is 1.62 bits per heavy atom. The number of hydrogen-bond donors (Lipinski definition) is 1. The van der Waals surface area contributed by atoms with E-state index in [0.29, 0.717) is 13.2 Å². The average molecular weight is 291 g/mol. The Kier molecular flexibility index (Phi) is 3.65. The molecule has 0 aromatic heterocycles. The number of nitrogens with two attached hydrogens (primary N) is 1. The van der Waals surface area contributed by atoms with E-state index >= 15 is 0 Å². The summed E-state index contributed by atoms with van der Waals surface area (Å²) in [6.07, 6.45) is 5.32. The Hall–Kier alpha value is -1.57. The molecule has 0 aliphatic carbocycles. The molecule has 3 heterocycles. The molecule has 7 heteroatoms. The molecule has 0 saturated heterocycles. The van der Waals surface area contributed by atoms with Crippen molar-refractivity contribution >= 4 is 13.1 Å². The molecular weight excluding hydrogens is 273 g/mol. The Bertz CT molecular complexity index is 556. The van der Waals surface area contributed by atoms with Gasteiger partial charge in [0.1, 0.15) is 18.8 Å². The van der Waals surface area contributed by atoms with Crippen LogP contribution in [0.3, 0.4) is 0 Å². The highest BCUT2D eigenvalue weighted by molar-refractivity contribution is 6.57. The maximum Gasteiger partial charge on any atom is 0.495 e. The van der Waals surface area contributed by atoms with Crippen LogP contribution < -0.4 is 5.73 Å². The van der Waals surface area contributed by atoms with Gasteiger partial charge in [-0.2, -0.15) is 0 Å². The summed E-state index contributed by atoms with van der Waals surface area (Å²) in [5.41, 5.74) is 7.85. The Balaban J connectivity index is 1.96. The van der Waals surface area contributed by atoms with Gasteiger partial charge in [-0.05, 0) is 30.1 Å². The summed E-state index contributed by atoms with van der Waals surface area (Å²) in [5.74, 6) is -0.343. The first-order chi connectivity index (χ1) is 10.0. The molecular formula is C14H18BNO5. The second kappa shape index (κ2) is 5.33. The minimum Gasteiger partial charge on any atom is -0.497 e. The summed E-state index contributed by atoms with van der Waals surface area (Å²) >= 11 is 0. The van der Waals surface area contributed by atoms with Crippen molar-refractivity contribution in [3.63, 3.8) is 0 Å². The molecule has 0 spiro atoms. The first-order valence-corrected chi connectivity index (χ1v) is 6.94. The summed E-state index contributed by atoms with van der Waals surface area (Å²) in [7, 11) is -0.500. The van der Waals surface area contributed by atoms with Crippen LogP contribution in [0.25, 0.3) is 0 Å². The Labute approximate surface area is 123 Å². The zero-order chi connectivity index (χ0) is 15.0. The van der Waals surface area contributed by atoms with Crippen LogP contribution in [0.1, 0.15) is 13.8 Å². The minimum atomic E-state index is -0.750. The van der Waals surface area contributed by atoms with Crippen LogP contribution in [0.2, 0.25) is 0 Å². The highest BCUT2D eigenvalue weighted by atomic mass is 16.6. The van der Waals surface area contributed by atoms with Gasteiger partial charge in [0.15, 0.2) is 0 Å². The number of ether oxygens (including phenoxy) is 2. The van der Waals surface area contributed by atoms with Gasteiger partial charge in [0.2, 0.25) is 0 Å². The summed E-state index contributed by atoms with van der Waals surface area (Å²) in [6.45, 7) is 4.14. The molecule has 3 aliphatic rings. The van der Waals surface area contributed by atoms with E-state index in [2.05, 4.69) is 0 Å². The average Bonchev–Trinajstić information content (AvgIpc) is 2.61. The van der Waals surface area contributed by atoms with E-state index in [-0.39, 0.29) is 18.7 Å². The summed E-state index contributed by atoms with van der Waals surface area (Å²) < 4.78 is 22.5. The first kappa shape index (κ1) is 14.4. The second-order valence-corrected chi connectivity index (χ2v) is 5.50. The van der Waals surface area contributed by atoms with Gasteiger partial charge in [-0.3, -0.25) is 4.79 Å². The maximum absolute atomic E-state index is 11.1. The van der Waals surface area contributed by atoms with Crippen molar-refractivity contribution in [1.29, 1.82) is 0 Å². The van der Waals surface area contributed by atoms with Crippen LogP contribution in [0.4, 0.5) is 0 Å². The standard InChI is InChI=1S/C14H18BNO5/c1-9(17)19-8-14(2)12-7-18-4-3-10-5-11(6-16)20-15(21-14)13(10)12/h3-5,11H,6-8,16H2,1-2H3. The molecule has 21 heavy (non-hydrogen) atoms. The number of allylic oxidation sites excluding steroid dienone is 3. The van der Waals surface area contributed by atoms with Gasteiger partial charge in [-0.1, -0.05) is 0 Å². The molecule has 0 aromatic rings.